The molecule has 7 nitrogen and oxygen atoms in total. The maximum Gasteiger partial charge on any atom is 0.341 e. The molecule has 2 rings (SSSR count). The van der Waals surface area contributed by atoms with Gasteiger partial charge < -0.3 is 15.4 Å². The molecule has 0 unspecified atom stereocenters. The van der Waals surface area contributed by atoms with Crippen LogP contribution in [-0.4, -0.2) is 49.9 Å². The molecule has 2 amide bonds. The van der Waals surface area contributed by atoms with Gasteiger partial charge in [-0.25, -0.2) is 4.79 Å². The lowest BCUT2D eigenvalue weighted by Gasteiger charge is -2.17. The average Bonchev–Trinajstić information content (AvgIpc) is 3.03. The highest BCUT2D eigenvalue weighted by Gasteiger charge is 2.26. The molecule has 0 aliphatic heterocycles. The van der Waals surface area contributed by atoms with E-state index in [1.807, 2.05) is 11.9 Å². The molecule has 31 heavy (non-hydrogen) atoms. The second-order valence-corrected chi connectivity index (χ2v) is 8.70. The highest BCUT2D eigenvalue weighted by atomic mass is 32.1. The SMILES string of the molecule is CCOC(=O)c1c(NC(=O)CN(C)Cc2ccc(C(C)C)cc2)sc(C(=O)NC)c1C. The second kappa shape index (κ2) is 11.1. The van der Waals surface area contributed by atoms with Crippen LogP contribution in [0.25, 0.3) is 0 Å². The third kappa shape index (κ3) is 6.38. The number of likely N-dealkylation sites (N-methyl/N-ethyl adjacent to an activating group) is 1. The van der Waals surface area contributed by atoms with Gasteiger partial charge in [-0.3, -0.25) is 14.5 Å². The monoisotopic (exact) mass is 445 g/mol. The van der Waals surface area contributed by atoms with Crippen molar-refractivity contribution in [3.05, 3.63) is 51.4 Å². The first-order valence-corrected chi connectivity index (χ1v) is 11.1. The molecule has 0 fully saturated rings. The summed E-state index contributed by atoms with van der Waals surface area (Å²) in [4.78, 5) is 39.5. The zero-order valence-electron chi connectivity index (χ0n) is 19.0. The predicted octanol–water partition coefficient (Wildman–Crippen LogP) is 3.79. The Kier molecular flexibility index (Phi) is 8.76. The van der Waals surface area contributed by atoms with Gasteiger partial charge in [-0.1, -0.05) is 38.1 Å². The molecule has 0 bridgehead atoms. The van der Waals surface area contributed by atoms with Crippen LogP contribution in [0, 0.1) is 6.92 Å². The Hall–Kier alpha value is -2.71. The maximum absolute atomic E-state index is 12.7. The fourth-order valence-electron chi connectivity index (χ4n) is 3.17. The van der Waals surface area contributed by atoms with Gasteiger partial charge in [0.25, 0.3) is 5.91 Å². The van der Waals surface area contributed by atoms with Gasteiger partial charge >= 0.3 is 5.97 Å². The van der Waals surface area contributed by atoms with Gasteiger partial charge in [-0.2, -0.15) is 0 Å². The largest absolute Gasteiger partial charge is 0.462 e. The molecule has 0 saturated heterocycles. The molecule has 8 heteroatoms. The number of ether oxygens (including phenoxy) is 1. The summed E-state index contributed by atoms with van der Waals surface area (Å²) in [6.07, 6.45) is 0. The average molecular weight is 446 g/mol. The van der Waals surface area contributed by atoms with Gasteiger partial charge in [-0.05, 0) is 43.5 Å². The van der Waals surface area contributed by atoms with Crippen molar-refractivity contribution in [3.8, 4) is 0 Å². The molecule has 0 spiro atoms. The minimum atomic E-state index is -0.555. The van der Waals surface area contributed by atoms with Crippen LogP contribution in [0.2, 0.25) is 0 Å². The lowest BCUT2D eigenvalue weighted by atomic mass is 10.0. The van der Waals surface area contributed by atoms with Gasteiger partial charge in [0, 0.05) is 13.6 Å². The first-order chi connectivity index (χ1) is 14.7. The van der Waals surface area contributed by atoms with Crippen LogP contribution in [0.15, 0.2) is 24.3 Å². The molecular weight excluding hydrogens is 414 g/mol. The Labute approximate surface area is 187 Å². The van der Waals surface area contributed by atoms with Crippen molar-refractivity contribution >= 4 is 34.1 Å². The minimum Gasteiger partial charge on any atom is -0.462 e. The third-order valence-corrected chi connectivity index (χ3v) is 6.03. The van der Waals surface area contributed by atoms with Crippen molar-refractivity contribution in [2.24, 2.45) is 0 Å². The number of nitrogens with zero attached hydrogens (tertiary/aromatic N) is 1. The van der Waals surface area contributed by atoms with Crippen molar-refractivity contribution in [3.63, 3.8) is 0 Å². The van der Waals surface area contributed by atoms with E-state index < -0.39 is 5.97 Å². The highest BCUT2D eigenvalue weighted by molar-refractivity contribution is 7.18. The molecule has 168 valence electrons. The van der Waals surface area contributed by atoms with Crippen molar-refractivity contribution in [2.45, 2.75) is 40.2 Å². The van der Waals surface area contributed by atoms with Crippen LogP contribution < -0.4 is 10.6 Å². The first kappa shape index (κ1) is 24.6. The number of nitrogens with one attached hydrogen (secondary N) is 2. The summed E-state index contributed by atoms with van der Waals surface area (Å²) in [5.74, 6) is -0.660. The Balaban J connectivity index is 2.11. The number of rotatable bonds is 9. The molecule has 1 aromatic carbocycles. The molecule has 0 radical (unpaired) electrons. The molecule has 2 N–H and O–H groups in total. The lowest BCUT2D eigenvalue weighted by Crippen LogP contribution is -2.30. The summed E-state index contributed by atoms with van der Waals surface area (Å²) in [5, 5.41) is 5.67. The predicted molar refractivity (Wildman–Crippen MR) is 124 cm³/mol. The number of hydrogen-bond acceptors (Lipinski definition) is 6. The van der Waals surface area contributed by atoms with Gasteiger partial charge in [-0.15, -0.1) is 11.3 Å². The van der Waals surface area contributed by atoms with E-state index in [1.54, 1.807) is 13.8 Å². The summed E-state index contributed by atoms with van der Waals surface area (Å²) in [5.41, 5.74) is 3.11. The van der Waals surface area contributed by atoms with Gasteiger partial charge in [0.1, 0.15) is 5.00 Å². The van der Waals surface area contributed by atoms with E-state index in [0.29, 0.717) is 27.9 Å². The van der Waals surface area contributed by atoms with E-state index in [4.69, 9.17) is 4.74 Å². The number of hydrogen-bond donors (Lipinski definition) is 2. The zero-order valence-corrected chi connectivity index (χ0v) is 19.8. The van der Waals surface area contributed by atoms with E-state index in [9.17, 15) is 14.4 Å². The summed E-state index contributed by atoms with van der Waals surface area (Å²) < 4.78 is 5.12. The number of amides is 2. The number of benzene rings is 1. The minimum absolute atomic E-state index is 0.139. The molecule has 1 heterocycles. The Morgan fingerprint density at radius 2 is 1.81 bits per heavy atom. The van der Waals surface area contributed by atoms with E-state index in [2.05, 4.69) is 48.7 Å². The molecule has 1 aromatic heterocycles. The van der Waals surface area contributed by atoms with Crippen LogP contribution in [0.3, 0.4) is 0 Å². The van der Waals surface area contributed by atoms with Crippen molar-refractivity contribution < 1.29 is 19.1 Å². The van der Waals surface area contributed by atoms with Crippen LogP contribution in [0.5, 0.6) is 0 Å². The molecule has 0 atom stereocenters. The van der Waals surface area contributed by atoms with E-state index in [1.165, 1.54) is 12.6 Å². The lowest BCUT2D eigenvalue weighted by molar-refractivity contribution is -0.117. The molecule has 0 saturated carbocycles. The number of carbonyl (C=O) groups excluding carboxylic acids is 3. The number of esters is 1. The Morgan fingerprint density at radius 1 is 1.16 bits per heavy atom. The Bertz CT molecular complexity index is 935. The Morgan fingerprint density at radius 3 is 2.35 bits per heavy atom. The normalized spacial score (nSPS) is 11.0. The number of carbonyl (C=O) groups is 3. The van der Waals surface area contributed by atoms with Gasteiger partial charge in [0.05, 0.1) is 23.6 Å². The summed E-state index contributed by atoms with van der Waals surface area (Å²) in [6, 6.07) is 8.35. The fourth-order valence-corrected chi connectivity index (χ4v) is 4.32. The summed E-state index contributed by atoms with van der Waals surface area (Å²) >= 11 is 1.07. The van der Waals surface area contributed by atoms with Gasteiger partial charge in [0.15, 0.2) is 0 Å². The van der Waals surface area contributed by atoms with Crippen molar-refractivity contribution in [2.75, 3.05) is 32.6 Å². The van der Waals surface area contributed by atoms with Gasteiger partial charge in [0.2, 0.25) is 5.91 Å². The van der Waals surface area contributed by atoms with Crippen LogP contribution in [0.1, 0.15) is 63.4 Å². The van der Waals surface area contributed by atoms with Crippen LogP contribution in [0.4, 0.5) is 5.00 Å². The number of anilines is 1. The third-order valence-electron chi connectivity index (χ3n) is 4.82. The van der Waals surface area contributed by atoms with Crippen LogP contribution >= 0.6 is 11.3 Å². The second-order valence-electron chi connectivity index (χ2n) is 7.68. The zero-order chi connectivity index (χ0) is 23.1. The quantitative estimate of drug-likeness (QED) is 0.574. The van der Waals surface area contributed by atoms with E-state index >= 15 is 0 Å². The molecule has 0 aliphatic rings. The van der Waals surface area contributed by atoms with Crippen molar-refractivity contribution in [1.82, 2.24) is 10.2 Å². The fraction of sp³-hybridized carbons (Fsp3) is 0.435. The molecular formula is C23H31N3O4S. The molecule has 0 aliphatic carbocycles. The number of thiophene rings is 1. The standard InChI is InChI=1S/C23H31N3O4S/c1-7-30-23(29)19-15(4)20(21(28)24-5)31-22(19)25-18(27)13-26(6)12-16-8-10-17(11-9-16)14(2)3/h8-11,14H,7,12-13H2,1-6H3,(H,24,28)(H,25,27). The summed E-state index contributed by atoms with van der Waals surface area (Å²) in [6.45, 7) is 8.64. The maximum atomic E-state index is 12.7. The highest BCUT2D eigenvalue weighted by Crippen LogP contribution is 2.33. The van der Waals surface area contributed by atoms with Crippen LogP contribution in [-0.2, 0) is 16.1 Å². The topological polar surface area (TPSA) is 87.7 Å². The molecule has 2 aromatic rings. The summed E-state index contributed by atoms with van der Waals surface area (Å²) in [7, 11) is 3.38. The van der Waals surface area contributed by atoms with E-state index in [-0.39, 0.29) is 30.5 Å². The van der Waals surface area contributed by atoms with Crippen molar-refractivity contribution in [1.29, 1.82) is 0 Å². The van der Waals surface area contributed by atoms with E-state index in [0.717, 1.165) is 16.9 Å². The first-order valence-electron chi connectivity index (χ1n) is 10.3. The smallest absolute Gasteiger partial charge is 0.341 e.